The molecule has 0 atom stereocenters. The molecule has 0 spiro atoms. The van der Waals surface area contributed by atoms with Crippen molar-refractivity contribution in [1.82, 2.24) is 15.3 Å². The maximum absolute atomic E-state index is 5.84. The van der Waals surface area contributed by atoms with E-state index < -0.39 is 0 Å². The first-order valence-electron chi connectivity index (χ1n) is 8.44. The quantitative estimate of drug-likeness (QED) is 0.848. The molecule has 2 heterocycles. The smallest absolute Gasteiger partial charge is 0.226 e. The van der Waals surface area contributed by atoms with Crippen LogP contribution in [0.3, 0.4) is 0 Å². The third-order valence-corrected chi connectivity index (χ3v) is 4.40. The van der Waals surface area contributed by atoms with E-state index in [1.165, 1.54) is 11.3 Å². The molecule has 1 aliphatic rings. The molecule has 0 amide bonds. The predicted octanol–water partition coefficient (Wildman–Crippen LogP) is 2.26. The van der Waals surface area contributed by atoms with Gasteiger partial charge in [0.2, 0.25) is 5.95 Å². The molecule has 0 radical (unpaired) electrons. The molecule has 1 aliphatic heterocycles. The molecular weight excluding hydrogens is 286 g/mol. The maximum atomic E-state index is 5.84. The van der Waals surface area contributed by atoms with Crippen LogP contribution < -0.4 is 16.0 Å². The van der Waals surface area contributed by atoms with Crippen LogP contribution in [-0.2, 0) is 12.8 Å². The van der Waals surface area contributed by atoms with E-state index in [-0.39, 0.29) is 0 Å². The number of nitrogens with one attached hydrogen (secondary N) is 1. The Hall–Kier alpha value is -2.14. The average molecular weight is 311 g/mol. The van der Waals surface area contributed by atoms with Crippen molar-refractivity contribution in [3.05, 3.63) is 35.5 Å². The molecule has 1 aromatic heterocycles. The summed E-state index contributed by atoms with van der Waals surface area (Å²) in [4.78, 5) is 12.0. The highest BCUT2D eigenvalue weighted by atomic mass is 15.2. The summed E-state index contributed by atoms with van der Waals surface area (Å²) in [6.45, 7) is 8.06. The van der Waals surface area contributed by atoms with E-state index in [1.807, 2.05) is 12.1 Å². The van der Waals surface area contributed by atoms with Crippen LogP contribution in [0.4, 0.5) is 11.6 Å². The zero-order valence-corrected chi connectivity index (χ0v) is 14.0. The number of hydrogen-bond donors (Lipinski definition) is 2. The Morgan fingerprint density at radius 3 is 2.43 bits per heavy atom. The van der Waals surface area contributed by atoms with Gasteiger partial charge in [0.05, 0.1) is 11.4 Å². The summed E-state index contributed by atoms with van der Waals surface area (Å²) in [5.41, 5.74) is 11.2. The molecule has 0 bridgehead atoms. The lowest BCUT2D eigenvalue weighted by Gasteiger charge is -2.22. The molecule has 2 aromatic rings. The van der Waals surface area contributed by atoms with Gasteiger partial charge in [-0.25, -0.2) is 9.97 Å². The van der Waals surface area contributed by atoms with Crippen LogP contribution in [-0.4, -0.2) is 36.1 Å². The van der Waals surface area contributed by atoms with E-state index in [0.29, 0.717) is 0 Å². The Morgan fingerprint density at radius 2 is 1.74 bits per heavy atom. The predicted molar refractivity (Wildman–Crippen MR) is 95.7 cm³/mol. The SMILES string of the molecule is CCN(CC)c1nc2c(c(-c3ccc(N)cc3)n1)CCNCC2. The maximum Gasteiger partial charge on any atom is 0.226 e. The summed E-state index contributed by atoms with van der Waals surface area (Å²) >= 11 is 0. The van der Waals surface area contributed by atoms with E-state index in [4.69, 9.17) is 15.7 Å². The molecule has 5 nitrogen and oxygen atoms in total. The summed E-state index contributed by atoms with van der Waals surface area (Å²) in [5.74, 6) is 0.836. The summed E-state index contributed by atoms with van der Waals surface area (Å²) in [5, 5.41) is 3.46. The molecule has 122 valence electrons. The second kappa shape index (κ2) is 6.96. The van der Waals surface area contributed by atoms with Gasteiger partial charge in [0.1, 0.15) is 0 Å². The molecule has 5 heteroatoms. The van der Waals surface area contributed by atoms with Gasteiger partial charge in [0.25, 0.3) is 0 Å². The van der Waals surface area contributed by atoms with Crippen molar-refractivity contribution < 1.29 is 0 Å². The molecule has 0 fully saturated rings. The summed E-state index contributed by atoms with van der Waals surface area (Å²) in [7, 11) is 0. The molecule has 3 rings (SSSR count). The van der Waals surface area contributed by atoms with Crippen LogP contribution in [0.2, 0.25) is 0 Å². The van der Waals surface area contributed by atoms with Gasteiger partial charge >= 0.3 is 0 Å². The lowest BCUT2D eigenvalue weighted by molar-refractivity contribution is 0.708. The Labute approximate surface area is 137 Å². The van der Waals surface area contributed by atoms with Crippen molar-refractivity contribution in [2.75, 3.05) is 36.8 Å². The van der Waals surface area contributed by atoms with Crippen molar-refractivity contribution in [3.8, 4) is 11.3 Å². The van der Waals surface area contributed by atoms with E-state index in [0.717, 1.165) is 61.9 Å². The topological polar surface area (TPSA) is 67.1 Å². The lowest BCUT2D eigenvalue weighted by atomic mass is 10.0. The first-order chi connectivity index (χ1) is 11.2. The number of nitrogens with two attached hydrogens (primary N) is 1. The number of hydrogen-bond acceptors (Lipinski definition) is 5. The lowest BCUT2D eigenvalue weighted by Crippen LogP contribution is -2.25. The van der Waals surface area contributed by atoms with Gasteiger partial charge in [-0.05, 0) is 38.9 Å². The van der Waals surface area contributed by atoms with Gasteiger partial charge in [0.15, 0.2) is 0 Å². The number of rotatable bonds is 4. The standard InChI is InChI=1S/C18H25N5/c1-3-23(4-2)18-21-16-10-12-20-11-9-15(16)17(22-18)13-5-7-14(19)8-6-13/h5-8,20H,3-4,9-12,19H2,1-2H3. The van der Waals surface area contributed by atoms with Gasteiger partial charge < -0.3 is 16.0 Å². The van der Waals surface area contributed by atoms with E-state index in [1.54, 1.807) is 0 Å². The zero-order chi connectivity index (χ0) is 16.2. The number of aromatic nitrogens is 2. The van der Waals surface area contributed by atoms with Crippen LogP contribution >= 0.6 is 0 Å². The van der Waals surface area contributed by atoms with Gasteiger partial charge in [0, 0.05) is 42.9 Å². The van der Waals surface area contributed by atoms with Gasteiger partial charge in [-0.15, -0.1) is 0 Å². The molecule has 0 unspecified atom stereocenters. The first-order valence-corrected chi connectivity index (χ1v) is 8.44. The Balaban J connectivity index is 2.14. The number of benzene rings is 1. The molecule has 23 heavy (non-hydrogen) atoms. The molecule has 1 aromatic carbocycles. The molecule has 3 N–H and O–H groups in total. The zero-order valence-electron chi connectivity index (χ0n) is 14.0. The summed E-state index contributed by atoms with van der Waals surface area (Å²) in [6.07, 6.45) is 1.92. The highest BCUT2D eigenvalue weighted by Gasteiger charge is 2.19. The third-order valence-electron chi connectivity index (χ3n) is 4.40. The minimum absolute atomic E-state index is 0.777. The number of anilines is 2. The molecule has 0 saturated carbocycles. The van der Waals surface area contributed by atoms with Crippen molar-refractivity contribution in [2.24, 2.45) is 0 Å². The minimum atomic E-state index is 0.777. The Bertz CT molecular complexity index is 662. The molecule has 0 saturated heterocycles. The van der Waals surface area contributed by atoms with Gasteiger partial charge in [-0.1, -0.05) is 12.1 Å². The van der Waals surface area contributed by atoms with Crippen molar-refractivity contribution >= 4 is 11.6 Å². The fourth-order valence-corrected chi connectivity index (χ4v) is 3.06. The van der Waals surface area contributed by atoms with Gasteiger partial charge in [-0.2, -0.15) is 0 Å². The second-order valence-corrected chi connectivity index (χ2v) is 5.84. The van der Waals surface area contributed by atoms with E-state index in [9.17, 15) is 0 Å². The van der Waals surface area contributed by atoms with Crippen molar-refractivity contribution in [1.29, 1.82) is 0 Å². The highest BCUT2D eigenvalue weighted by molar-refractivity contribution is 5.67. The van der Waals surface area contributed by atoms with Crippen LogP contribution in [0.15, 0.2) is 24.3 Å². The van der Waals surface area contributed by atoms with Crippen LogP contribution in [0.1, 0.15) is 25.1 Å². The highest BCUT2D eigenvalue weighted by Crippen LogP contribution is 2.28. The van der Waals surface area contributed by atoms with Crippen LogP contribution in [0.5, 0.6) is 0 Å². The first kappa shape index (κ1) is 15.7. The van der Waals surface area contributed by atoms with E-state index >= 15 is 0 Å². The molecule has 0 aliphatic carbocycles. The van der Waals surface area contributed by atoms with Crippen molar-refractivity contribution in [3.63, 3.8) is 0 Å². The summed E-state index contributed by atoms with van der Waals surface area (Å²) < 4.78 is 0. The fraction of sp³-hybridized carbons (Fsp3) is 0.444. The number of nitrogen functional groups attached to an aromatic ring is 1. The van der Waals surface area contributed by atoms with E-state index in [2.05, 4.69) is 36.2 Å². The Morgan fingerprint density at radius 1 is 1.04 bits per heavy atom. The normalized spacial score (nSPS) is 14.2. The average Bonchev–Trinajstić information content (AvgIpc) is 2.81. The number of nitrogens with zero attached hydrogens (tertiary/aromatic N) is 3. The number of fused-ring (bicyclic) bond motifs is 1. The fourth-order valence-electron chi connectivity index (χ4n) is 3.06. The monoisotopic (exact) mass is 311 g/mol. The van der Waals surface area contributed by atoms with Crippen LogP contribution in [0.25, 0.3) is 11.3 Å². The largest absolute Gasteiger partial charge is 0.399 e. The summed E-state index contributed by atoms with van der Waals surface area (Å²) in [6, 6.07) is 8.00. The van der Waals surface area contributed by atoms with Gasteiger partial charge in [-0.3, -0.25) is 0 Å². The Kier molecular flexibility index (Phi) is 4.76. The third kappa shape index (κ3) is 3.29. The molecular formula is C18H25N5. The minimum Gasteiger partial charge on any atom is -0.399 e. The van der Waals surface area contributed by atoms with Crippen LogP contribution in [0, 0.1) is 0 Å². The van der Waals surface area contributed by atoms with Crippen molar-refractivity contribution in [2.45, 2.75) is 26.7 Å². The second-order valence-electron chi connectivity index (χ2n) is 5.84.